The van der Waals surface area contributed by atoms with Gasteiger partial charge < -0.3 is 25.0 Å². The van der Waals surface area contributed by atoms with Gasteiger partial charge in [0.15, 0.2) is 11.9 Å². The Kier molecular flexibility index (Phi) is 6.68. The highest BCUT2D eigenvalue weighted by Gasteiger charge is 2.37. The van der Waals surface area contributed by atoms with Gasteiger partial charge in [-0.2, -0.15) is 0 Å². The van der Waals surface area contributed by atoms with Crippen LogP contribution in [0, 0.1) is 0 Å². The van der Waals surface area contributed by atoms with Crippen LogP contribution in [0.3, 0.4) is 0 Å². The molecule has 1 aromatic rings. The first-order chi connectivity index (χ1) is 13.1. The number of rotatable bonds is 7. The van der Waals surface area contributed by atoms with Gasteiger partial charge in [0.2, 0.25) is 0 Å². The van der Waals surface area contributed by atoms with E-state index in [9.17, 15) is 9.59 Å². The Morgan fingerprint density at radius 1 is 1.33 bits per heavy atom. The normalized spacial score (nSPS) is 25.6. The molecular formula is C20H29N3O4. The van der Waals surface area contributed by atoms with Crippen molar-refractivity contribution in [1.29, 1.82) is 0 Å². The van der Waals surface area contributed by atoms with Crippen molar-refractivity contribution in [2.75, 3.05) is 33.8 Å². The molecule has 2 N–H and O–H groups in total. The van der Waals surface area contributed by atoms with Crippen molar-refractivity contribution in [3.8, 4) is 5.75 Å². The topological polar surface area (TPSA) is 79.9 Å². The molecule has 148 valence electrons. The van der Waals surface area contributed by atoms with E-state index in [0.29, 0.717) is 19.0 Å². The lowest BCUT2D eigenvalue weighted by atomic mass is 10.0. The van der Waals surface area contributed by atoms with E-state index in [1.165, 1.54) is 12.8 Å². The number of likely N-dealkylation sites (tertiary alicyclic amines) is 1. The molecule has 0 spiro atoms. The van der Waals surface area contributed by atoms with Gasteiger partial charge in [-0.25, -0.2) is 4.79 Å². The van der Waals surface area contributed by atoms with Gasteiger partial charge in [0.05, 0.1) is 19.7 Å². The molecule has 27 heavy (non-hydrogen) atoms. The molecule has 0 radical (unpaired) electrons. The summed E-state index contributed by atoms with van der Waals surface area (Å²) in [5.41, 5.74) is 1.06. The molecule has 7 nitrogen and oxygen atoms in total. The number of nitrogens with zero attached hydrogens (tertiary/aromatic N) is 1. The Morgan fingerprint density at radius 3 is 2.78 bits per heavy atom. The van der Waals surface area contributed by atoms with Crippen molar-refractivity contribution in [2.45, 2.75) is 43.9 Å². The van der Waals surface area contributed by atoms with E-state index in [4.69, 9.17) is 9.47 Å². The quantitative estimate of drug-likeness (QED) is 0.749. The highest BCUT2D eigenvalue weighted by molar-refractivity contribution is 5.90. The lowest BCUT2D eigenvalue weighted by Crippen LogP contribution is -2.41. The van der Waals surface area contributed by atoms with Gasteiger partial charge >= 0.3 is 6.09 Å². The molecule has 0 aromatic heterocycles. The molecule has 2 heterocycles. The molecule has 2 saturated heterocycles. The lowest BCUT2D eigenvalue weighted by Gasteiger charge is -2.21. The van der Waals surface area contributed by atoms with Crippen LogP contribution < -0.4 is 15.4 Å². The van der Waals surface area contributed by atoms with Crippen molar-refractivity contribution in [3.05, 3.63) is 29.8 Å². The van der Waals surface area contributed by atoms with E-state index in [0.717, 1.165) is 24.3 Å². The van der Waals surface area contributed by atoms with Crippen LogP contribution in [0.5, 0.6) is 5.75 Å². The monoisotopic (exact) mass is 375 g/mol. The highest BCUT2D eigenvalue weighted by atomic mass is 16.6. The Hall–Kier alpha value is -2.12. The predicted molar refractivity (Wildman–Crippen MR) is 102 cm³/mol. The van der Waals surface area contributed by atoms with E-state index in [2.05, 4.69) is 22.6 Å². The highest BCUT2D eigenvalue weighted by Crippen LogP contribution is 2.18. The zero-order valence-corrected chi connectivity index (χ0v) is 16.1. The minimum atomic E-state index is -0.749. The van der Waals surface area contributed by atoms with Crippen LogP contribution in [0.1, 0.15) is 24.8 Å². The van der Waals surface area contributed by atoms with Gasteiger partial charge in [-0.3, -0.25) is 4.79 Å². The smallest absolute Gasteiger partial charge is 0.407 e. The van der Waals surface area contributed by atoms with Crippen LogP contribution in [0.2, 0.25) is 0 Å². The molecule has 1 aromatic carbocycles. The summed E-state index contributed by atoms with van der Waals surface area (Å²) in [6, 6.07) is 7.99. The number of nitrogens with one attached hydrogen (secondary N) is 2. The number of methoxy groups -OCH3 is 1. The summed E-state index contributed by atoms with van der Waals surface area (Å²) in [4.78, 5) is 26.6. The van der Waals surface area contributed by atoms with Gasteiger partial charge in [0, 0.05) is 12.6 Å². The van der Waals surface area contributed by atoms with Gasteiger partial charge in [-0.05, 0) is 57.0 Å². The second-order valence-corrected chi connectivity index (χ2v) is 7.32. The summed E-state index contributed by atoms with van der Waals surface area (Å²) in [5.74, 6) is 0.702. The second-order valence-electron chi connectivity index (χ2n) is 7.32. The Balaban J connectivity index is 1.47. The molecule has 3 rings (SSSR count). The van der Waals surface area contributed by atoms with Gasteiger partial charge in [0.1, 0.15) is 5.75 Å². The SMILES string of the molecule is COc1ccc(C[C@H]2NCC(=O)[C@H]2OC(=O)NCC[C@@H]2CCCN2C)cc1. The Labute approximate surface area is 160 Å². The summed E-state index contributed by atoms with van der Waals surface area (Å²) in [5, 5.41) is 5.95. The number of hydrogen-bond donors (Lipinski definition) is 2. The maximum atomic E-state index is 12.1. The molecule has 0 saturated carbocycles. The lowest BCUT2D eigenvalue weighted by molar-refractivity contribution is -0.123. The second kappa shape index (κ2) is 9.19. The van der Waals surface area contributed by atoms with Crippen molar-refractivity contribution >= 4 is 11.9 Å². The fourth-order valence-electron chi connectivity index (χ4n) is 3.85. The van der Waals surface area contributed by atoms with Crippen LogP contribution in [-0.4, -0.2) is 68.8 Å². The fraction of sp³-hybridized carbons (Fsp3) is 0.600. The largest absolute Gasteiger partial charge is 0.497 e. The van der Waals surface area contributed by atoms with Crippen LogP contribution in [-0.2, 0) is 16.0 Å². The molecule has 0 unspecified atom stereocenters. The number of ether oxygens (including phenoxy) is 2. The summed E-state index contributed by atoms with van der Waals surface area (Å²) in [6.07, 6.45) is 2.63. The summed E-state index contributed by atoms with van der Waals surface area (Å²) >= 11 is 0. The first kappa shape index (κ1) is 19.6. The third-order valence-electron chi connectivity index (χ3n) is 5.49. The molecule has 2 aliphatic heterocycles. The van der Waals surface area contributed by atoms with E-state index >= 15 is 0 Å². The summed E-state index contributed by atoms with van der Waals surface area (Å²) < 4.78 is 10.6. The standard InChI is InChI=1S/C20H29N3O4/c1-23-11-3-4-15(23)9-10-21-20(25)27-19-17(22-13-18(19)24)12-14-5-7-16(26-2)8-6-14/h5-8,15,17,19,22H,3-4,9-13H2,1-2H3,(H,21,25)/t15-,17+,19-/m0/s1. The minimum Gasteiger partial charge on any atom is -0.497 e. The maximum Gasteiger partial charge on any atom is 0.407 e. The minimum absolute atomic E-state index is 0.0841. The molecule has 0 bridgehead atoms. The maximum absolute atomic E-state index is 12.1. The zero-order chi connectivity index (χ0) is 19.2. The number of carbonyl (C=O) groups excluding carboxylic acids is 2. The first-order valence-electron chi connectivity index (χ1n) is 9.60. The summed E-state index contributed by atoms with van der Waals surface area (Å²) in [6.45, 7) is 1.90. The van der Waals surface area contributed by atoms with E-state index in [1.54, 1.807) is 7.11 Å². The number of carbonyl (C=O) groups is 2. The molecule has 0 aliphatic carbocycles. The molecule has 7 heteroatoms. The number of benzene rings is 1. The molecule has 1 amide bonds. The van der Waals surface area contributed by atoms with Crippen LogP contribution in [0.25, 0.3) is 0 Å². The fourth-order valence-corrected chi connectivity index (χ4v) is 3.85. The third-order valence-corrected chi connectivity index (χ3v) is 5.49. The Bertz CT molecular complexity index is 649. The van der Waals surface area contributed by atoms with Gasteiger partial charge in [-0.1, -0.05) is 12.1 Å². The zero-order valence-electron chi connectivity index (χ0n) is 16.1. The number of hydrogen-bond acceptors (Lipinski definition) is 6. The first-order valence-corrected chi connectivity index (χ1v) is 9.60. The van der Waals surface area contributed by atoms with Gasteiger partial charge in [0.25, 0.3) is 0 Å². The molecular weight excluding hydrogens is 346 g/mol. The third kappa shape index (κ3) is 5.20. The predicted octanol–water partition coefficient (Wildman–Crippen LogP) is 1.36. The molecule has 2 aliphatic rings. The Morgan fingerprint density at radius 2 is 2.11 bits per heavy atom. The van der Waals surface area contributed by atoms with Crippen molar-refractivity contribution in [3.63, 3.8) is 0 Å². The van der Waals surface area contributed by atoms with Gasteiger partial charge in [-0.15, -0.1) is 0 Å². The average molecular weight is 375 g/mol. The average Bonchev–Trinajstić information content (AvgIpc) is 3.22. The van der Waals surface area contributed by atoms with E-state index < -0.39 is 12.2 Å². The molecule has 3 atom stereocenters. The van der Waals surface area contributed by atoms with Crippen molar-refractivity contribution < 1.29 is 19.1 Å². The van der Waals surface area contributed by atoms with Crippen molar-refractivity contribution in [2.24, 2.45) is 0 Å². The van der Waals surface area contributed by atoms with Crippen LogP contribution in [0.4, 0.5) is 4.79 Å². The number of alkyl carbamates (subject to hydrolysis) is 1. The van der Waals surface area contributed by atoms with Crippen LogP contribution >= 0.6 is 0 Å². The van der Waals surface area contributed by atoms with E-state index in [-0.39, 0.29) is 18.4 Å². The number of ketones is 1. The molecule has 2 fully saturated rings. The number of amides is 1. The van der Waals surface area contributed by atoms with E-state index in [1.807, 2.05) is 24.3 Å². The van der Waals surface area contributed by atoms with Crippen molar-refractivity contribution in [1.82, 2.24) is 15.5 Å². The van der Waals surface area contributed by atoms with Crippen LogP contribution in [0.15, 0.2) is 24.3 Å². The number of Topliss-reactive ketones (excluding diaryl/α,β-unsaturated/α-hetero) is 1. The summed E-state index contributed by atoms with van der Waals surface area (Å²) in [7, 11) is 3.74.